The van der Waals surface area contributed by atoms with E-state index in [4.69, 9.17) is 12.2 Å². The minimum absolute atomic E-state index is 0.708. The van der Waals surface area contributed by atoms with Gasteiger partial charge >= 0.3 is 0 Å². The van der Waals surface area contributed by atoms with Crippen molar-refractivity contribution in [3.8, 4) is 0 Å². The smallest absolute Gasteiger partial charge is 0.177 e. The molecule has 1 N–H and O–H groups in total. The summed E-state index contributed by atoms with van der Waals surface area (Å²) in [6, 6.07) is 0.708. The molecule has 0 radical (unpaired) electrons. The van der Waals surface area contributed by atoms with Crippen molar-refractivity contribution >= 4 is 12.2 Å². The highest BCUT2D eigenvalue weighted by Crippen LogP contribution is 2.35. The third-order valence-corrected chi connectivity index (χ3v) is 2.85. The zero-order valence-corrected chi connectivity index (χ0v) is 8.86. The molecule has 1 fully saturated rings. The molecule has 0 aliphatic heterocycles. The summed E-state index contributed by atoms with van der Waals surface area (Å²) >= 11 is 5.25. The van der Waals surface area contributed by atoms with Gasteiger partial charge in [-0.05, 0) is 37.9 Å². The fourth-order valence-electron chi connectivity index (χ4n) is 1.58. The largest absolute Gasteiger partial charge is 0.335 e. The van der Waals surface area contributed by atoms with Crippen LogP contribution in [0.3, 0.4) is 0 Å². The average molecular weight is 196 g/mol. The lowest BCUT2D eigenvalue weighted by Gasteiger charge is -1.95. The molecule has 0 atom stereocenters. The first-order valence-corrected chi connectivity index (χ1v) is 5.52. The minimum Gasteiger partial charge on any atom is -0.335 e. The number of unbranched alkanes of at least 4 members (excludes halogenated alkanes) is 1. The number of hydrogen-bond acceptors (Lipinski definition) is 1. The predicted octanol–water partition coefficient (Wildman–Crippen LogP) is 3.22. The molecule has 0 saturated heterocycles. The van der Waals surface area contributed by atoms with E-state index >= 15 is 0 Å². The molecule has 1 saturated carbocycles. The first-order chi connectivity index (χ1) is 6.31. The van der Waals surface area contributed by atoms with Crippen molar-refractivity contribution in [1.29, 1.82) is 0 Å². The Morgan fingerprint density at radius 1 is 1.62 bits per heavy atom. The second-order valence-electron chi connectivity index (χ2n) is 3.83. The molecule has 2 rings (SSSR count). The molecule has 1 aromatic rings. The molecule has 3 heteroatoms. The Balaban J connectivity index is 2.10. The quantitative estimate of drug-likeness (QED) is 0.733. The predicted molar refractivity (Wildman–Crippen MR) is 56.5 cm³/mol. The Kier molecular flexibility index (Phi) is 2.54. The van der Waals surface area contributed by atoms with Crippen LogP contribution in [0, 0.1) is 4.77 Å². The molecule has 0 bridgehead atoms. The molecule has 13 heavy (non-hydrogen) atoms. The van der Waals surface area contributed by atoms with E-state index in [-0.39, 0.29) is 0 Å². The van der Waals surface area contributed by atoms with Gasteiger partial charge in [-0.2, -0.15) is 0 Å². The Bertz CT molecular complexity index is 333. The maximum atomic E-state index is 5.25. The summed E-state index contributed by atoms with van der Waals surface area (Å²) in [5, 5.41) is 0. The second kappa shape index (κ2) is 3.66. The van der Waals surface area contributed by atoms with Gasteiger partial charge in [0.1, 0.15) is 0 Å². The van der Waals surface area contributed by atoms with E-state index in [1.807, 2.05) is 0 Å². The monoisotopic (exact) mass is 196 g/mol. The first-order valence-electron chi connectivity index (χ1n) is 5.11. The molecule has 0 spiro atoms. The van der Waals surface area contributed by atoms with Crippen LogP contribution >= 0.6 is 12.2 Å². The summed E-state index contributed by atoms with van der Waals surface area (Å²) in [5.74, 6) is 0. The molecule has 0 aromatic carbocycles. The number of aromatic amines is 1. The summed E-state index contributed by atoms with van der Waals surface area (Å²) in [5.41, 5.74) is 1.30. The van der Waals surface area contributed by atoms with E-state index in [9.17, 15) is 0 Å². The number of rotatable bonds is 4. The fraction of sp³-hybridized carbons (Fsp3) is 0.700. The van der Waals surface area contributed by atoms with E-state index in [0.29, 0.717) is 6.04 Å². The van der Waals surface area contributed by atoms with Crippen LogP contribution in [0.5, 0.6) is 0 Å². The summed E-state index contributed by atoms with van der Waals surface area (Å²) in [4.78, 5) is 3.28. The van der Waals surface area contributed by atoms with Crippen LogP contribution in [0.25, 0.3) is 0 Å². The van der Waals surface area contributed by atoms with Gasteiger partial charge in [0.05, 0.1) is 0 Å². The van der Waals surface area contributed by atoms with Crippen LogP contribution < -0.4 is 0 Å². The molecule has 1 aliphatic carbocycles. The lowest BCUT2D eigenvalue weighted by atomic mass is 10.2. The standard InChI is InChI=1S/C10H16N2S/c1-2-3-4-8-7-12(9-5-6-9)10(13)11-8/h7,9H,2-6H2,1H3,(H,11,13). The van der Waals surface area contributed by atoms with Crippen molar-refractivity contribution in [2.45, 2.75) is 45.1 Å². The van der Waals surface area contributed by atoms with Gasteiger partial charge in [-0.25, -0.2) is 0 Å². The molecular formula is C10H16N2S. The Labute approximate surface area is 84.0 Å². The highest BCUT2D eigenvalue weighted by Gasteiger charge is 2.24. The molecule has 1 heterocycles. The number of imidazole rings is 1. The average Bonchev–Trinajstić information content (AvgIpc) is 2.88. The first kappa shape index (κ1) is 9.00. The van der Waals surface area contributed by atoms with Crippen LogP contribution in [0.1, 0.15) is 44.3 Å². The number of hydrogen-bond donors (Lipinski definition) is 1. The van der Waals surface area contributed by atoms with Crippen LogP contribution in [0.2, 0.25) is 0 Å². The second-order valence-corrected chi connectivity index (χ2v) is 4.21. The summed E-state index contributed by atoms with van der Waals surface area (Å²) in [6.45, 7) is 2.21. The summed E-state index contributed by atoms with van der Waals surface area (Å²) in [6.07, 6.45) is 8.45. The van der Waals surface area contributed by atoms with E-state index in [1.54, 1.807) is 0 Å². The van der Waals surface area contributed by atoms with Gasteiger partial charge in [0.2, 0.25) is 0 Å². The van der Waals surface area contributed by atoms with Crippen LogP contribution in [-0.2, 0) is 6.42 Å². The SMILES string of the molecule is CCCCc1cn(C2CC2)c(=S)[nH]1. The Morgan fingerprint density at radius 3 is 3.00 bits per heavy atom. The minimum atomic E-state index is 0.708. The van der Waals surface area contributed by atoms with Crippen molar-refractivity contribution in [2.75, 3.05) is 0 Å². The number of H-pyrrole nitrogens is 1. The maximum Gasteiger partial charge on any atom is 0.177 e. The molecule has 1 aliphatic rings. The van der Waals surface area contributed by atoms with Crippen molar-refractivity contribution in [1.82, 2.24) is 9.55 Å². The van der Waals surface area contributed by atoms with Gasteiger partial charge in [0.25, 0.3) is 0 Å². The number of nitrogens with one attached hydrogen (secondary N) is 1. The maximum absolute atomic E-state index is 5.25. The molecule has 0 unspecified atom stereocenters. The van der Waals surface area contributed by atoms with E-state index in [0.717, 1.165) is 11.2 Å². The van der Waals surface area contributed by atoms with E-state index < -0.39 is 0 Å². The normalized spacial score (nSPS) is 16.4. The lowest BCUT2D eigenvalue weighted by Crippen LogP contribution is -1.89. The third-order valence-electron chi connectivity index (χ3n) is 2.54. The number of nitrogens with zero attached hydrogens (tertiary/aromatic N) is 1. The van der Waals surface area contributed by atoms with Gasteiger partial charge in [0, 0.05) is 17.9 Å². The zero-order chi connectivity index (χ0) is 9.26. The molecule has 1 aromatic heterocycles. The fourth-order valence-corrected chi connectivity index (χ4v) is 1.91. The van der Waals surface area contributed by atoms with Crippen LogP contribution in [0.15, 0.2) is 6.20 Å². The van der Waals surface area contributed by atoms with Crippen molar-refractivity contribution in [3.63, 3.8) is 0 Å². The van der Waals surface area contributed by atoms with Gasteiger partial charge in [-0.15, -0.1) is 0 Å². The zero-order valence-electron chi connectivity index (χ0n) is 8.05. The summed E-state index contributed by atoms with van der Waals surface area (Å²) < 4.78 is 3.13. The van der Waals surface area contributed by atoms with E-state index in [2.05, 4.69) is 22.7 Å². The van der Waals surface area contributed by atoms with Gasteiger partial charge in [0.15, 0.2) is 4.77 Å². The number of aryl methyl sites for hydroxylation is 1. The number of aromatic nitrogens is 2. The third kappa shape index (κ3) is 2.02. The van der Waals surface area contributed by atoms with Gasteiger partial charge in [-0.1, -0.05) is 13.3 Å². The molecular weight excluding hydrogens is 180 g/mol. The van der Waals surface area contributed by atoms with Crippen LogP contribution in [0.4, 0.5) is 0 Å². The highest BCUT2D eigenvalue weighted by atomic mass is 32.1. The van der Waals surface area contributed by atoms with Gasteiger partial charge in [-0.3, -0.25) is 0 Å². The highest BCUT2D eigenvalue weighted by molar-refractivity contribution is 7.71. The topological polar surface area (TPSA) is 20.7 Å². The molecule has 2 nitrogen and oxygen atoms in total. The molecule has 72 valence electrons. The van der Waals surface area contributed by atoms with Crippen LogP contribution in [-0.4, -0.2) is 9.55 Å². The van der Waals surface area contributed by atoms with Gasteiger partial charge < -0.3 is 9.55 Å². The Hall–Kier alpha value is -0.570. The van der Waals surface area contributed by atoms with Crippen molar-refractivity contribution in [3.05, 3.63) is 16.7 Å². The molecule has 0 amide bonds. The van der Waals surface area contributed by atoms with Crippen molar-refractivity contribution in [2.24, 2.45) is 0 Å². The summed E-state index contributed by atoms with van der Waals surface area (Å²) in [7, 11) is 0. The van der Waals surface area contributed by atoms with E-state index in [1.165, 1.54) is 31.4 Å². The lowest BCUT2D eigenvalue weighted by molar-refractivity contribution is 0.726. The Morgan fingerprint density at radius 2 is 2.38 bits per heavy atom. The van der Waals surface area contributed by atoms with Crippen molar-refractivity contribution < 1.29 is 0 Å².